The van der Waals surface area contributed by atoms with Crippen LogP contribution in [0.4, 0.5) is 0 Å². The maximum absolute atomic E-state index is 2.60. The first-order chi connectivity index (χ1) is 4.90. The van der Waals surface area contributed by atoms with Crippen molar-refractivity contribution in [3.63, 3.8) is 0 Å². The monoisotopic (exact) mass is 186 g/mol. The van der Waals surface area contributed by atoms with Gasteiger partial charge in [0, 0.05) is 16.1 Å². The zero-order valence-corrected chi connectivity index (χ0v) is 10.7. The number of hydrogen-bond acceptors (Lipinski definition) is 0. The lowest BCUT2D eigenvalue weighted by atomic mass is 10.6. The first kappa shape index (κ1) is 9.52. The van der Waals surface area contributed by atoms with E-state index in [-0.39, 0.29) is 0 Å². The van der Waals surface area contributed by atoms with Gasteiger partial charge in [-0.3, -0.25) is 0 Å². The predicted molar refractivity (Wildman–Crippen MR) is 58.6 cm³/mol. The SMILES string of the molecule is CCC1[Si](C)(C)CC[Si]1(C)C. The molecule has 1 heterocycles. The summed E-state index contributed by atoms with van der Waals surface area (Å²) in [6.07, 6.45) is 1.47. The summed E-state index contributed by atoms with van der Waals surface area (Å²) in [4.78, 5) is 0. The van der Waals surface area contributed by atoms with Gasteiger partial charge in [-0.25, -0.2) is 0 Å². The van der Waals surface area contributed by atoms with Crippen LogP contribution in [-0.2, 0) is 0 Å². The average Bonchev–Trinajstić information content (AvgIpc) is 2.03. The Bertz CT molecular complexity index is 134. The summed E-state index contributed by atoms with van der Waals surface area (Å²) in [5.41, 5.74) is 0. The van der Waals surface area contributed by atoms with Crippen LogP contribution in [0.25, 0.3) is 0 Å². The van der Waals surface area contributed by atoms with E-state index in [1.54, 1.807) is 12.1 Å². The number of hydrogen-bond donors (Lipinski definition) is 0. The van der Waals surface area contributed by atoms with Crippen LogP contribution in [-0.4, -0.2) is 16.1 Å². The van der Waals surface area contributed by atoms with Crippen molar-refractivity contribution in [2.24, 2.45) is 0 Å². The molecule has 1 saturated heterocycles. The second-order valence-electron chi connectivity index (χ2n) is 5.44. The Morgan fingerprint density at radius 3 is 1.55 bits per heavy atom. The Labute approximate surface area is 73.4 Å². The third-order valence-electron chi connectivity index (χ3n) is 3.71. The highest BCUT2D eigenvalue weighted by Crippen LogP contribution is 2.47. The van der Waals surface area contributed by atoms with E-state index in [2.05, 4.69) is 33.1 Å². The molecule has 0 aromatic heterocycles. The Kier molecular flexibility index (Phi) is 2.37. The summed E-state index contributed by atoms with van der Waals surface area (Å²) in [5, 5.41) is 1.20. The van der Waals surface area contributed by atoms with E-state index in [9.17, 15) is 0 Å². The molecule has 0 N–H and O–H groups in total. The lowest BCUT2D eigenvalue weighted by molar-refractivity contribution is 0.963. The van der Waals surface area contributed by atoms with Crippen molar-refractivity contribution in [3.05, 3.63) is 0 Å². The van der Waals surface area contributed by atoms with Gasteiger partial charge in [-0.1, -0.05) is 51.6 Å². The van der Waals surface area contributed by atoms with Gasteiger partial charge in [-0.05, 0) is 5.16 Å². The maximum Gasteiger partial charge on any atom is 0.0475 e. The fraction of sp³-hybridized carbons (Fsp3) is 1.00. The molecule has 1 aliphatic heterocycles. The second-order valence-corrected chi connectivity index (χ2v) is 16.4. The van der Waals surface area contributed by atoms with E-state index in [1.165, 1.54) is 11.6 Å². The first-order valence-electron chi connectivity index (χ1n) is 4.90. The van der Waals surface area contributed by atoms with Gasteiger partial charge in [-0.15, -0.1) is 0 Å². The largest absolute Gasteiger partial charge is 0.0694 e. The normalized spacial score (nSPS) is 29.2. The van der Waals surface area contributed by atoms with Crippen molar-refractivity contribution < 1.29 is 0 Å². The quantitative estimate of drug-likeness (QED) is 0.547. The summed E-state index contributed by atoms with van der Waals surface area (Å²) >= 11 is 0. The smallest absolute Gasteiger partial charge is 0.0475 e. The zero-order valence-electron chi connectivity index (χ0n) is 8.70. The topological polar surface area (TPSA) is 0 Å². The molecule has 0 aliphatic carbocycles. The lowest BCUT2D eigenvalue weighted by Crippen LogP contribution is -2.37. The third kappa shape index (κ3) is 1.62. The molecule has 0 aromatic rings. The molecule has 1 aliphatic rings. The molecule has 0 nitrogen and oxygen atoms in total. The summed E-state index contributed by atoms with van der Waals surface area (Å²) in [6, 6.07) is 3.23. The van der Waals surface area contributed by atoms with Crippen LogP contribution >= 0.6 is 0 Å². The van der Waals surface area contributed by atoms with Crippen LogP contribution in [0.3, 0.4) is 0 Å². The van der Waals surface area contributed by atoms with E-state index in [4.69, 9.17) is 0 Å². The fourth-order valence-electron chi connectivity index (χ4n) is 3.16. The van der Waals surface area contributed by atoms with Gasteiger partial charge in [0.05, 0.1) is 0 Å². The van der Waals surface area contributed by atoms with Gasteiger partial charge in [0.15, 0.2) is 0 Å². The van der Waals surface area contributed by atoms with Gasteiger partial charge in [-0.2, -0.15) is 0 Å². The first-order valence-corrected chi connectivity index (χ1v) is 11.5. The summed E-state index contributed by atoms with van der Waals surface area (Å²) < 4.78 is 0. The highest BCUT2D eigenvalue weighted by molar-refractivity contribution is 7.01. The van der Waals surface area contributed by atoms with Crippen molar-refractivity contribution in [3.8, 4) is 0 Å². The van der Waals surface area contributed by atoms with E-state index in [0.29, 0.717) is 0 Å². The highest BCUT2D eigenvalue weighted by Gasteiger charge is 2.47. The average molecular weight is 186 g/mol. The molecule has 0 atom stereocenters. The van der Waals surface area contributed by atoms with E-state index in [1.807, 2.05) is 0 Å². The molecule has 0 spiro atoms. The zero-order chi connectivity index (χ0) is 8.70. The minimum absolute atomic E-state index is 0.743. The molecule has 0 aromatic carbocycles. The van der Waals surface area contributed by atoms with Gasteiger partial charge in [0.2, 0.25) is 0 Å². The van der Waals surface area contributed by atoms with Crippen molar-refractivity contribution in [2.75, 3.05) is 0 Å². The predicted octanol–water partition coefficient (Wildman–Crippen LogP) is 3.74. The standard InChI is InChI=1S/C9H22Si2/c1-6-9-10(2,3)7-8-11(9,4)5/h9H,6-8H2,1-5H3. The Balaban J connectivity index is 2.80. The Hall–Kier alpha value is 0.434. The van der Waals surface area contributed by atoms with Gasteiger partial charge in [0.1, 0.15) is 0 Å². The molecular weight excluding hydrogens is 164 g/mol. The van der Waals surface area contributed by atoms with Crippen LogP contribution < -0.4 is 0 Å². The minimum Gasteiger partial charge on any atom is -0.0694 e. The highest BCUT2D eigenvalue weighted by atomic mass is 28.4. The van der Waals surface area contributed by atoms with Gasteiger partial charge in [0.25, 0.3) is 0 Å². The van der Waals surface area contributed by atoms with E-state index in [0.717, 1.165) is 0 Å². The van der Waals surface area contributed by atoms with Crippen LogP contribution in [0.5, 0.6) is 0 Å². The molecular formula is C9H22Si2. The van der Waals surface area contributed by atoms with Crippen molar-refractivity contribution in [2.45, 2.75) is 56.8 Å². The molecule has 0 amide bonds. The summed E-state index contributed by atoms with van der Waals surface area (Å²) in [7, 11) is -1.49. The lowest BCUT2D eigenvalue weighted by Gasteiger charge is -2.31. The maximum atomic E-state index is 2.60. The summed E-state index contributed by atoms with van der Waals surface area (Å²) in [6.45, 7) is 12.8. The number of rotatable bonds is 1. The molecule has 2 heteroatoms. The summed E-state index contributed by atoms with van der Waals surface area (Å²) in [5.74, 6) is 0. The Morgan fingerprint density at radius 1 is 1.00 bits per heavy atom. The van der Waals surface area contributed by atoms with Gasteiger partial charge >= 0.3 is 0 Å². The molecule has 1 fully saturated rings. The van der Waals surface area contributed by atoms with Crippen LogP contribution in [0.1, 0.15) is 13.3 Å². The molecule has 66 valence electrons. The van der Waals surface area contributed by atoms with Crippen molar-refractivity contribution in [1.82, 2.24) is 0 Å². The third-order valence-corrected chi connectivity index (χ3v) is 16.6. The molecule has 0 saturated carbocycles. The molecule has 11 heavy (non-hydrogen) atoms. The van der Waals surface area contributed by atoms with Crippen LogP contribution in [0.2, 0.25) is 43.4 Å². The molecule has 0 unspecified atom stereocenters. The molecule has 0 radical (unpaired) electrons. The minimum atomic E-state index is -0.743. The molecule has 1 rings (SSSR count). The second kappa shape index (κ2) is 2.73. The van der Waals surface area contributed by atoms with Crippen LogP contribution in [0, 0.1) is 0 Å². The van der Waals surface area contributed by atoms with Crippen molar-refractivity contribution in [1.29, 1.82) is 0 Å². The van der Waals surface area contributed by atoms with E-state index < -0.39 is 16.1 Å². The fourth-order valence-corrected chi connectivity index (χ4v) is 20.5. The van der Waals surface area contributed by atoms with Crippen LogP contribution in [0.15, 0.2) is 0 Å². The Morgan fingerprint density at radius 2 is 1.36 bits per heavy atom. The molecule has 0 bridgehead atoms. The van der Waals surface area contributed by atoms with E-state index >= 15 is 0 Å². The van der Waals surface area contributed by atoms with Gasteiger partial charge < -0.3 is 0 Å². The van der Waals surface area contributed by atoms with Crippen molar-refractivity contribution >= 4 is 16.1 Å².